The van der Waals surface area contributed by atoms with E-state index in [1.54, 1.807) is 17.2 Å². The molecule has 3 aromatic rings. The van der Waals surface area contributed by atoms with Crippen molar-refractivity contribution >= 4 is 39.9 Å². The first-order valence-corrected chi connectivity index (χ1v) is 9.73. The smallest absolute Gasteiger partial charge is 0.255 e. The molecule has 2 aromatic carbocycles. The van der Waals surface area contributed by atoms with E-state index < -0.39 is 17.4 Å². The number of nitrogens with one attached hydrogen (secondary N) is 1. The van der Waals surface area contributed by atoms with Crippen LogP contribution in [0, 0.1) is 11.6 Å². The van der Waals surface area contributed by atoms with Crippen LogP contribution < -0.4 is 5.32 Å². The van der Waals surface area contributed by atoms with E-state index in [0.29, 0.717) is 28.7 Å². The Morgan fingerprint density at radius 1 is 1.17 bits per heavy atom. The minimum atomic E-state index is -0.886. The van der Waals surface area contributed by atoms with E-state index in [4.69, 9.17) is 0 Å². The quantitative estimate of drug-likeness (QED) is 0.628. The van der Waals surface area contributed by atoms with Crippen molar-refractivity contribution in [1.29, 1.82) is 0 Å². The van der Waals surface area contributed by atoms with Crippen LogP contribution in [0.15, 0.2) is 30.5 Å². The molecule has 0 unspecified atom stereocenters. The van der Waals surface area contributed by atoms with Gasteiger partial charge >= 0.3 is 0 Å². The Labute approximate surface area is 176 Å². The zero-order valence-corrected chi connectivity index (χ0v) is 17.4. The Balaban J connectivity index is 0.00000240. The summed E-state index contributed by atoms with van der Waals surface area (Å²) < 4.78 is 33.6. The summed E-state index contributed by atoms with van der Waals surface area (Å²) in [6, 6.07) is 5.14. The van der Waals surface area contributed by atoms with Gasteiger partial charge in [0, 0.05) is 48.9 Å². The molecule has 0 spiro atoms. The van der Waals surface area contributed by atoms with Crippen LogP contribution in [-0.2, 0) is 0 Å². The van der Waals surface area contributed by atoms with Gasteiger partial charge in [-0.05, 0) is 43.1 Å². The van der Waals surface area contributed by atoms with Gasteiger partial charge in [0.1, 0.15) is 17.4 Å². The molecule has 0 aliphatic carbocycles. The van der Waals surface area contributed by atoms with E-state index in [1.165, 1.54) is 17.6 Å². The molecular formula is C20H20ClF2N3O2S. The molecule has 1 saturated heterocycles. The van der Waals surface area contributed by atoms with Crippen LogP contribution in [0.5, 0.6) is 5.75 Å². The molecule has 4 rings (SSSR count). The van der Waals surface area contributed by atoms with Crippen molar-refractivity contribution in [1.82, 2.24) is 14.6 Å². The zero-order valence-electron chi connectivity index (χ0n) is 15.8. The minimum absolute atomic E-state index is 0. The lowest BCUT2D eigenvalue weighted by Gasteiger charge is -2.36. The standard InChI is InChI=1S/C20H19F2N3O2S.ClH/c1-10-8-25(9-11(2)24-10)20(27)15-4-12(3-13-7-23-28-19(13)15)18-16(21)5-14(26)6-17(18)22;/h3-7,10-11,24,26H,8-9H2,1-2H3;1H/t10-,11+;. The number of carbonyl (C=O) groups is 1. The first-order valence-electron chi connectivity index (χ1n) is 8.95. The second-order valence-corrected chi connectivity index (χ2v) is 8.03. The number of amides is 1. The number of fused-ring (bicyclic) bond motifs is 1. The normalized spacial score (nSPS) is 19.2. The lowest BCUT2D eigenvalue weighted by Crippen LogP contribution is -2.55. The molecule has 1 aliphatic heterocycles. The van der Waals surface area contributed by atoms with Crippen LogP contribution in [0.1, 0.15) is 24.2 Å². The van der Waals surface area contributed by atoms with Crippen LogP contribution >= 0.6 is 23.9 Å². The third-order valence-electron chi connectivity index (χ3n) is 4.84. The Kier molecular flexibility index (Phi) is 6.07. The molecule has 1 aliphatic rings. The molecule has 2 atom stereocenters. The summed E-state index contributed by atoms with van der Waals surface area (Å²) in [5.41, 5.74) is 0.340. The minimum Gasteiger partial charge on any atom is -0.508 e. The number of benzene rings is 2. The highest BCUT2D eigenvalue weighted by molar-refractivity contribution is 7.13. The van der Waals surface area contributed by atoms with Gasteiger partial charge in [0.05, 0.1) is 15.8 Å². The molecule has 9 heteroatoms. The van der Waals surface area contributed by atoms with Gasteiger partial charge in [-0.1, -0.05) is 0 Å². The van der Waals surface area contributed by atoms with Crippen molar-refractivity contribution in [2.24, 2.45) is 0 Å². The number of phenolic OH excluding ortho intramolecular Hbond substituents is 1. The number of aromatic hydroxyl groups is 1. The number of nitrogens with zero attached hydrogens (tertiary/aromatic N) is 2. The molecule has 1 amide bonds. The average Bonchev–Trinajstić information content (AvgIpc) is 3.07. The number of rotatable bonds is 2. The first-order chi connectivity index (χ1) is 13.3. The molecule has 2 heterocycles. The molecule has 0 bridgehead atoms. The summed E-state index contributed by atoms with van der Waals surface area (Å²) in [6.07, 6.45) is 1.58. The Bertz CT molecular complexity index is 1040. The maximum Gasteiger partial charge on any atom is 0.255 e. The van der Waals surface area contributed by atoms with Gasteiger partial charge < -0.3 is 15.3 Å². The van der Waals surface area contributed by atoms with E-state index in [2.05, 4.69) is 9.69 Å². The summed E-state index contributed by atoms with van der Waals surface area (Å²) in [7, 11) is 0. The van der Waals surface area contributed by atoms with Crippen LogP contribution in [0.3, 0.4) is 0 Å². The van der Waals surface area contributed by atoms with Crippen molar-refractivity contribution in [3.8, 4) is 16.9 Å². The molecule has 1 aromatic heterocycles. The van der Waals surface area contributed by atoms with Gasteiger partial charge in [-0.25, -0.2) is 8.78 Å². The summed E-state index contributed by atoms with van der Waals surface area (Å²) in [5.74, 6) is -2.45. The van der Waals surface area contributed by atoms with E-state index in [1.807, 2.05) is 13.8 Å². The number of piperazine rings is 1. The van der Waals surface area contributed by atoms with Gasteiger partial charge in [0.25, 0.3) is 5.91 Å². The number of phenols is 1. The second kappa shape index (κ2) is 8.22. The van der Waals surface area contributed by atoms with Crippen molar-refractivity contribution in [3.05, 3.63) is 47.7 Å². The number of aromatic nitrogens is 1. The monoisotopic (exact) mass is 439 g/mol. The Morgan fingerprint density at radius 3 is 2.41 bits per heavy atom. The highest BCUT2D eigenvalue weighted by Gasteiger charge is 2.28. The van der Waals surface area contributed by atoms with Gasteiger partial charge in [-0.2, -0.15) is 4.37 Å². The fourth-order valence-electron chi connectivity index (χ4n) is 3.79. The molecule has 154 valence electrons. The van der Waals surface area contributed by atoms with Gasteiger partial charge in [-0.15, -0.1) is 12.4 Å². The topological polar surface area (TPSA) is 65.5 Å². The van der Waals surface area contributed by atoms with Gasteiger partial charge in [0.15, 0.2) is 0 Å². The van der Waals surface area contributed by atoms with Gasteiger partial charge in [-0.3, -0.25) is 4.79 Å². The molecule has 1 fully saturated rings. The SMILES string of the molecule is C[C@@H]1CN(C(=O)c2cc(-c3c(F)cc(O)cc3F)cc3cnsc23)C[C@H](C)N1.Cl. The van der Waals surface area contributed by atoms with E-state index in [-0.39, 0.29) is 41.5 Å². The fraction of sp³-hybridized carbons (Fsp3) is 0.300. The molecule has 29 heavy (non-hydrogen) atoms. The van der Waals surface area contributed by atoms with Crippen LogP contribution in [0.2, 0.25) is 0 Å². The third-order valence-corrected chi connectivity index (χ3v) is 5.69. The van der Waals surface area contributed by atoms with Gasteiger partial charge in [0.2, 0.25) is 0 Å². The molecule has 0 saturated carbocycles. The maximum absolute atomic E-state index is 14.4. The fourth-order valence-corrected chi connectivity index (χ4v) is 4.52. The second-order valence-electron chi connectivity index (χ2n) is 7.23. The molecule has 0 radical (unpaired) electrons. The molecule has 2 N–H and O–H groups in total. The molecule has 5 nitrogen and oxygen atoms in total. The molecular weight excluding hydrogens is 420 g/mol. The summed E-state index contributed by atoms with van der Waals surface area (Å²) in [5, 5.41) is 13.4. The highest BCUT2D eigenvalue weighted by atomic mass is 35.5. The number of hydrogen-bond acceptors (Lipinski definition) is 5. The Hall–Kier alpha value is -2.29. The summed E-state index contributed by atoms with van der Waals surface area (Å²) in [4.78, 5) is 15.0. The third kappa shape index (κ3) is 4.05. The van der Waals surface area contributed by atoms with Crippen molar-refractivity contribution in [2.75, 3.05) is 13.1 Å². The van der Waals surface area contributed by atoms with E-state index in [0.717, 1.165) is 12.1 Å². The van der Waals surface area contributed by atoms with Crippen LogP contribution in [0.4, 0.5) is 8.78 Å². The number of carbonyl (C=O) groups excluding carboxylic acids is 1. The van der Waals surface area contributed by atoms with E-state index in [9.17, 15) is 18.7 Å². The van der Waals surface area contributed by atoms with Crippen LogP contribution in [0.25, 0.3) is 21.2 Å². The van der Waals surface area contributed by atoms with E-state index >= 15 is 0 Å². The lowest BCUT2D eigenvalue weighted by atomic mass is 9.99. The Morgan fingerprint density at radius 2 is 1.79 bits per heavy atom. The van der Waals surface area contributed by atoms with Crippen molar-refractivity contribution < 1.29 is 18.7 Å². The number of hydrogen-bond donors (Lipinski definition) is 2. The summed E-state index contributed by atoms with van der Waals surface area (Å²) in [6.45, 7) is 5.12. The lowest BCUT2D eigenvalue weighted by molar-refractivity contribution is 0.0676. The first kappa shape index (κ1) is 21.4. The predicted molar refractivity (Wildman–Crippen MR) is 112 cm³/mol. The van der Waals surface area contributed by atoms with Crippen molar-refractivity contribution in [3.63, 3.8) is 0 Å². The summed E-state index contributed by atoms with van der Waals surface area (Å²) >= 11 is 1.18. The van der Waals surface area contributed by atoms with Crippen LogP contribution in [-0.4, -0.2) is 45.5 Å². The predicted octanol–water partition coefficient (Wildman–Crippen LogP) is 4.19. The largest absolute Gasteiger partial charge is 0.508 e. The number of halogens is 3. The maximum atomic E-state index is 14.4. The zero-order chi connectivity index (χ0) is 20.0. The average molecular weight is 440 g/mol. The van der Waals surface area contributed by atoms with Crippen molar-refractivity contribution in [2.45, 2.75) is 25.9 Å². The highest BCUT2D eigenvalue weighted by Crippen LogP contribution is 2.35.